The number of benzene rings is 1. The Morgan fingerprint density at radius 2 is 2.19 bits per heavy atom. The van der Waals surface area contributed by atoms with Crippen molar-refractivity contribution in [1.82, 2.24) is 10.6 Å². The van der Waals surface area contributed by atoms with Gasteiger partial charge in [0.25, 0.3) is 5.91 Å². The topological polar surface area (TPSA) is 101 Å². The van der Waals surface area contributed by atoms with Crippen LogP contribution >= 0.6 is 0 Å². The molecule has 1 fully saturated rings. The molecular weight excluding hydrogens is 288 g/mol. The van der Waals surface area contributed by atoms with E-state index >= 15 is 0 Å². The van der Waals surface area contributed by atoms with Gasteiger partial charge < -0.3 is 10.6 Å². The maximum absolute atomic E-state index is 13.8. The Labute approximate surface area is 117 Å². The lowest BCUT2D eigenvalue weighted by atomic mass is 10.1. The van der Waals surface area contributed by atoms with Crippen molar-refractivity contribution in [1.29, 1.82) is 0 Å². The zero-order valence-electron chi connectivity index (χ0n) is 10.7. The largest absolute Gasteiger partial charge is 0.352 e. The monoisotopic (exact) mass is 299 g/mol. The van der Waals surface area contributed by atoms with Crippen LogP contribution in [-0.4, -0.2) is 29.3 Å². The highest BCUT2D eigenvalue weighted by Crippen LogP contribution is 2.22. The Morgan fingerprint density at radius 3 is 2.76 bits per heavy atom. The number of hydrogen-bond acceptors (Lipinski definition) is 4. The number of halogens is 2. The van der Waals surface area contributed by atoms with Gasteiger partial charge in [-0.15, -0.1) is 0 Å². The molecule has 1 unspecified atom stereocenters. The summed E-state index contributed by atoms with van der Waals surface area (Å²) in [6.07, 6.45) is 0.852. The second kappa shape index (κ2) is 5.81. The third-order valence-corrected chi connectivity index (χ3v) is 3.05. The maximum Gasteiger partial charge on any atom is 0.308 e. The van der Waals surface area contributed by atoms with Gasteiger partial charge in [-0.3, -0.25) is 19.7 Å². The summed E-state index contributed by atoms with van der Waals surface area (Å²) in [5, 5.41) is 15.5. The van der Waals surface area contributed by atoms with Crippen molar-refractivity contribution in [3.05, 3.63) is 39.4 Å². The third-order valence-electron chi connectivity index (χ3n) is 3.05. The highest BCUT2D eigenvalue weighted by molar-refractivity contribution is 5.95. The van der Waals surface area contributed by atoms with Crippen molar-refractivity contribution >= 4 is 17.5 Å². The molecular formula is C12H11F2N3O4. The van der Waals surface area contributed by atoms with Gasteiger partial charge in [0.05, 0.1) is 16.6 Å². The summed E-state index contributed by atoms with van der Waals surface area (Å²) < 4.78 is 27.0. The Bertz CT molecular complexity index is 621. The van der Waals surface area contributed by atoms with Crippen molar-refractivity contribution in [3.8, 4) is 0 Å². The molecule has 0 aromatic heterocycles. The first-order chi connectivity index (χ1) is 9.88. The first-order valence-electron chi connectivity index (χ1n) is 6.09. The Balaban J connectivity index is 2.12. The van der Waals surface area contributed by atoms with Crippen LogP contribution in [0.5, 0.6) is 0 Å². The van der Waals surface area contributed by atoms with Crippen molar-refractivity contribution in [2.45, 2.75) is 18.9 Å². The average molecular weight is 299 g/mol. The van der Waals surface area contributed by atoms with Gasteiger partial charge >= 0.3 is 5.69 Å². The lowest BCUT2D eigenvalue weighted by molar-refractivity contribution is -0.387. The minimum Gasteiger partial charge on any atom is -0.352 e. The highest BCUT2D eigenvalue weighted by Gasteiger charge is 2.26. The number of carbonyl (C=O) groups is 2. The number of nitro groups is 1. The maximum atomic E-state index is 13.8. The minimum atomic E-state index is -1.39. The van der Waals surface area contributed by atoms with Gasteiger partial charge in [0.15, 0.2) is 0 Å². The van der Waals surface area contributed by atoms with Crippen LogP contribution in [0.1, 0.15) is 23.2 Å². The lowest BCUT2D eigenvalue weighted by Gasteiger charge is -2.11. The summed E-state index contributed by atoms with van der Waals surface area (Å²) in [6.45, 7) is 0.0360. The fourth-order valence-corrected chi connectivity index (χ4v) is 2.01. The van der Waals surface area contributed by atoms with E-state index in [0.717, 1.165) is 0 Å². The molecule has 2 rings (SSSR count). The van der Waals surface area contributed by atoms with Crippen molar-refractivity contribution in [2.24, 2.45) is 0 Å². The lowest BCUT2D eigenvalue weighted by Crippen LogP contribution is -2.38. The van der Waals surface area contributed by atoms with Crippen LogP contribution in [0.15, 0.2) is 12.1 Å². The molecule has 0 spiro atoms. The standard InChI is InChI=1S/C12H11F2N3O4/c13-6-3-8(11(14)9(4-6)17(20)21)12(19)15-5-7-1-2-10(18)16-7/h3-4,7H,1-2,5H2,(H,15,19)(H,16,18). The molecule has 2 amide bonds. The molecule has 1 saturated heterocycles. The fourth-order valence-electron chi connectivity index (χ4n) is 2.01. The number of nitro benzene ring substituents is 1. The van der Waals surface area contributed by atoms with Gasteiger partial charge in [0.1, 0.15) is 5.82 Å². The number of amides is 2. The summed E-state index contributed by atoms with van der Waals surface area (Å²) in [7, 11) is 0. The number of nitrogens with one attached hydrogen (secondary N) is 2. The van der Waals surface area contributed by atoms with Crippen molar-refractivity contribution in [2.75, 3.05) is 6.54 Å². The molecule has 1 aliphatic heterocycles. The smallest absolute Gasteiger partial charge is 0.308 e. The van der Waals surface area contributed by atoms with E-state index in [0.29, 0.717) is 25.0 Å². The fraction of sp³-hybridized carbons (Fsp3) is 0.333. The SMILES string of the molecule is O=C1CCC(CNC(=O)c2cc(F)cc([N+](=O)[O-])c2F)N1. The van der Waals surface area contributed by atoms with E-state index in [-0.39, 0.29) is 18.5 Å². The van der Waals surface area contributed by atoms with Crippen LogP contribution in [0.25, 0.3) is 0 Å². The molecule has 0 saturated carbocycles. The second-order valence-electron chi connectivity index (χ2n) is 4.56. The molecule has 1 aromatic carbocycles. The van der Waals surface area contributed by atoms with Crippen LogP contribution in [0.2, 0.25) is 0 Å². The molecule has 0 bridgehead atoms. The van der Waals surface area contributed by atoms with Crippen molar-refractivity contribution < 1.29 is 23.3 Å². The average Bonchev–Trinajstić information content (AvgIpc) is 2.83. The third kappa shape index (κ3) is 3.30. The summed E-state index contributed by atoms with van der Waals surface area (Å²) in [5.41, 5.74) is -1.85. The first kappa shape index (κ1) is 14.8. The van der Waals surface area contributed by atoms with Crippen molar-refractivity contribution in [3.63, 3.8) is 0 Å². The predicted octanol–water partition coefficient (Wildman–Crippen LogP) is 0.881. The number of hydrogen-bond donors (Lipinski definition) is 2. The van der Waals surface area contributed by atoms with E-state index in [1.807, 2.05) is 0 Å². The van der Waals surface area contributed by atoms with E-state index in [2.05, 4.69) is 10.6 Å². The predicted molar refractivity (Wildman–Crippen MR) is 66.5 cm³/mol. The molecule has 0 aliphatic carbocycles. The van der Waals surface area contributed by atoms with Gasteiger partial charge in [-0.05, 0) is 12.5 Å². The Kier molecular flexibility index (Phi) is 4.10. The molecule has 1 aliphatic rings. The quantitative estimate of drug-likeness (QED) is 0.636. The van der Waals surface area contributed by atoms with Gasteiger partial charge in [-0.2, -0.15) is 4.39 Å². The summed E-state index contributed by atoms with van der Waals surface area (Å²) >= 11 is 0. The van der Waals surface area contributed by atoms with Gasteiger partial charge in [0, 0.05) is 19.0 Å². The van der Waals surface area contributed by atoms with E-state index < -0.39 is 33.7 Å². The minimum absolute atomic E-state index is 0.0360. The molecule has 112 valence electrons. The van der Waals surface area contributed by atoms with E-state index in [4.69, 9.17) is 0 Å². The summed E-state index contributed by atoms with van der Waals surface area (Å²) in [4.78, 5) is 32.2. The number of rotatable bonds is 4. The molecule has 1 aromatic rings. The van der Waals surface area contributed by atoms with Gasteiger partial charge in [0.2, 0.25) is 11.7 Å². The molecule has 9 heteroatoms. The second-order valence-corrected chi connectivity index (χ2v) is 4.56. The Hall–Kier alpha value is -2.58. The molecule has 1 heterocycles. The van der Waals surface area contributed by atoms with Crippen LogP contribution in [-0.2, 0) is 4.79 Å². The van der Waals surface area contributed by atoms with Crippen LogP contribution in [0.3, 0.4) is 0 Å². The number of nitrogens with zero attached hydrogens (tertiary/aromatic N) is 1. The highest BCUT2D eigenvalue weighted by atomic mass is 19.1. The Morgan fingerprint density at radius 1 is 1.48 bits per heavy atom. The first-order valence-corrected chi connectivity index (χ1v) is 6.09. The molecule has 0 radical (unpaired) electrons. The molecule has 21 heavy (non-hydrogen) atoms. The van der Waals surface area contributed by atoms with Gasteiger partial charge in [-0.1, -0.05) is 0 Å². The molecule has 1 atom stereocenters. The van der Waals surface area contributed by atoms with Crippen LogP contribution < -0.4 is 10.6 Å². The van der Waals surface area contributed by atoms with E-state index in [1.54, 1.807) is 0 Å². The number of carbonyl (C=O) groups excluding carboxylic acids is 2. The van der Waals surface area contributed by atoms with Gasteiger partial charge in [-0.25, -0.2) is 4.39 Å². The van der Waals surface area contributed by atoms with E-state index in [9.17, 15) is 28.5 Å². The van der Waals surface area contributed by atoms with Crippen LogP contribution in [0, 0.1) is 21.7 Å². The zero-order chi connectivity index (χ0) is 15.6. The van der Waals surface area contributed by atoms with E-state index in [1.165, 1.54) is 0 Å². The summed E-state index contributed by atoms with van der Waals surface area (Å²) in [6, 6.07) is 0.710. The summed E-state index contributed by atoms with van der Waals surface area (Å²) in [5.74, 6) is -3.60. The molecule has 2 N–H and O–H groups in total. The molecule has 7 nitrogen and oxygen atoms in total. The van der Waals surface area contributed by atoms with Crippen LogP contribution in [0.4, 0.5) is 14.5 Å². The normalized spacial score (nSPS) is 17.4. The zero-order valence-corrected chi connectivity index (χ0v) is 10.7.